The highest BCUT2D eigenvalue weighted by atomic mass is 79.9. The number of halogens is 4. The Balaban J connectivity index is 1.66. The Morgan fingerprint density at radius 3 is 2.42 bits per heavy atom. The molecule has 0 saturated carbocycles. The molecule has 3 rings (SSSR count). The van der Waals surface area contributed by atoms with Crippen LogP contribution >= 0.6 is 27.5 Å². The fraction of sp³-hybridized carbons (Fsp3) is 0.250. The number of ether oxygens (including phenoxy) is 2. The molecule has 0 atom stereocenters. The summed E-state index contributed by atoms with van der Waals surface area (Å²) >= 11 is 9.65. The van der Waals surface area contributed by atoms with E-state index in [1.54, 1.807) is 30.3 Å². The van der Waals surface area contributed by atoms with Gasteiger partial charge in [0.2, 0.25) is 0 Å². The standard InChI is InChI=1S/C24H23BrClF2NO2/c1-2-30-23-12-17(14-29-11-10-16-6-3-4-8-21(16)27)19(25)13-24(23)31-15-18-20(26)7-5-9-22(18)28/h3-9,12-13,29H,2,10-11,14-15H2,1H3. The molecule has 1 N–H and O–H groups in total. The van der Waals surface area contributed by atoms with Crippen molar-refractivity contribution in [3.8, 4) is 11.5 Å². The maximum absolute atomic E-state index is 14.0. The Labute approximate surface area is 194 Å². The van der Waals surface area contributed by atoms with Crippen LogP contribution in [0.4, 0.5) is 8.78 Å². The van der Waals surface area contributed by atoms with Crippen molar-refractivity contribution in [2.24, 2.45) is 0 Å². The lowest BCUT2D eigenvalue weighted by molar-refractivity contribution is 0.265. The summed E-state index contributed by atoms with van der Waals surface area (Å²) in [7, 11) is 0. The first-order chi connectivity index (χ1) is 15.0. The van der Waals surface area contributed by atoms with Crippen molar-refractivity contribution in [2.75, 3.05) is 13.2 Å². The van der Waals surface area contributed by atoms with Crippen LogP contribution in [0.1, 0.15) is 23.6 Å². The zero-order valence-corrected chi connectivity index (χ0v) is 19.4. The lowest BCUT2D eigenvalue weighted by atomic mass is 10.1. The molecule has 3 aromatic carbocycles. The van der Waals surface area contributed by atoms with E-state index in [9.17, 15) is 8.78 Å². The van der Waals surface area contributed by atoms with Crippen molar-refractivity contribution in [1.82, 2.24) is 5.32 Å². The van der Waals surface area contributed by atoms with Crippen LogP contribution in [-0.2, 0) is 19.6 Å². The molecule has 0 aliphatic heterocycles. The summed E-state index contributed by atoms with van der Waals surface area (Å²) in [6.07, 6.45) is 0.590. The molecule has 164 valence electrons. The van der Waals surface area contributed by atoms with Crippen molar-refractivity contribution in [2.45, 2.75) is 26.5 Å². The Kier molecular flexibility index (Phi) is 8.69. The van der Waals surface area contributed by atoms with Gasteiger partial charge in [0.15, 0.2) is 11.5 Å². The third kappa shape index (κ3) is 6.42. The predicted molar refractivity (Wildman–Crippen MR) is 123 cm³/mol. The molecule has 0 saturated heterocycles. The molecule has 0 aliphatic carbocycles. The topological polar surface area (TPSA) is 30.5 Å². The number of benzene rings is 3. The quantitative estimate of drug-likeness (QED) is 0.308. The first-order valence-corrected chi connectivity index (χ1v) is 11.1. The Morgan fingerprint density at radius 2 is 1.68 bits per heavy atom. The second-order valence-electron chi connectivity index (χ2n) is 6.83. The smallest absolute Gasteiger partial charge is 0.162 e. The van der Waals surface area contributed by atoms with Crippen molar-refractivity contribution in [3.63, 3.8) is 0 Å². The van der Waals surface area contributed by atoms with Crippen LogP contribution in [0, 0.1) is 11.6 Å². The summed E-state index contributed by atoms with van der Waals surface area (Å²) in [5.41, 5.74) is 1.94. The van der Waals surface area contributed by atoms with Gasteiger partial charge < -0.3 is 14.8 Å². The highest BCUT2D eigenvalue weighted by Gasteiger charge is 2.14. The molecule has 0 aromatic heterocycles. The van der Waals surface area contributed by atoms with Crippen molar-refractivity contribution < 1.29 is 18.3 Å². The van der Waals surface area contributed by atoms with Gasteiger partial charge in [-0.15, -0.1) is 0 Å². The molecule has 3 aromatic rings. The molecule has 0 unspecified atom stereocenters. The largest absolute Gasteiger partial charge is 0.490 e. The Bertz CT molecular complexity index is 1010. The summed E-state index contributed by atoms with van der Waals surface area (Å²) in [4.78, 5) is 0. The summed E-state index contributed by atoms with van der Waals surface area (Å²) in [5, 5.41) is 3.63. The van der Waals surface area contributed by atoms with Crippen LogP contribution in [0.2, 0.25) is 5.02 Å². The van der Waals surface area contributed by atoms with Crippen molar-refractivity contribution >= 4 is 27.5 Å². The minimum absolute atomic E-state index is 0.0156. The SMILES string of the molecule is CCOc1cc(CNCCc2ccccc2F)c(Br)cc1OCc1c(F)cccc1Cl. The lowest BCUT2D eigenvalue weighted by Crippen LogP contribution is -2.17. The summed E-state index contributed by atoms with van der Waals surface area (Å²) in [5.74, 6) is 0.438. The van der Waals surface area contributed by atoms with E-state index in [0.29, 0.717) is 53.8 Å². The van der Waals surface area contributed by atoms with E-state index in [2.05, 4.69) is 21.2 Å². The molecule has 0 amide bonds. The Hall–Kier alpha value is -2.15. The third-order valence-electron chi connectivity index (χ3n) is 4.69. The maximum Gasteiger partial charge on any atom is 0.162 e. The van der Waals surface area contributed by atoms with Crippen LogP contribution in [-0.4, -0.2) is 13.2 Å². The van der Waals surface area contributed by atoms with Gasteiger partial charge in [0.05, 0.1) is 11.6 Å². The monoisotopic (exact) mass is 509 g/mol. The highest BCUT2D eigenvalue weighted by molar-refractivity contribution is 9.10. The van der Waals surface area contributed by atoms with E-state index in [0.717, 1.165) is 10.0 Å². The van der Waals surface area contributed by atoms with E-state index in [1.807, 2.05) is 19.1 Å². The minimum atomic E-state index is -0.416. The molecule has 0 heterocycles. The lowest BCUT2D eigenvalue weighted by Gasteiger charge is -2.16. The first kappa shape index (κ1) is 23.5. The highest BCUT2D eigenvalue weighted by Crippen LogP contribution is 2.35. The zero-order valence-electron chi connectivity index (χ0n) is 17.1. The molecule has 0 aliphatic rings. The van der Waals surface area contributed by atoms with Crippen molar-refractivity contribution in [3.05, 3.63) is 92.4 Å². The van der Waals surface area contributed by atoms with Gasteiger partial charge in [-0.1, -0.05) is 51.8 Å². The van der Waals surface area contributed by atoms with Gasteiger partial charge in [0.25, 0.3) is 0 Å². The second kappa shape index (κ2) is 11.5. The number of hydrogen-bond donors (Lipinski definition) is 1. The van der Waals surface area contributed by atoms with E-state index in [1.165, 1.54) is 12.1 Å². The molecular weight excluding hydrogens is 488 g/mol. The zero-order chi connectivity index (χ0) is 22.2. The second-order valence-corrected chi connectivity index (χ2v) is 8.09. The maximum atomic E-state index is 14.0. The summed E-state index contributed by atoms with van der Waals surface area (Å²) in [6, 6.07) is 15.0. The molecular formula is C24H23BrClF2NO2. The molecule has 0 spiro atoms. The minimum Gasteiger partial charge on any atom is -0.490 e. The summed E-state index contributed by atoms with van der Waals surface area (Å²) < 4.78 is 40.1. The van der Waals surface area contributed by atoms with Crippen LogP contribution in [0.5, 0.6) is 11.5 Å². The van der Waals surface area contributed by atoms with Gasteiger partial charge in [-0.3, -0.25) is 0 Å². The molecule has 0 fully saturated rings. The average Bonchev–Trinajstić information content (AvgIpc) is 2.74. The van der Waals surface area contributed by atoms with Gasteiger partial charge in [-0.05, 0) is 61.3 Å². The van der Waals surface area contributed by atoms with Crippen LogP contribution in [0.25, 0.3) is 0 Å². The number of hydrogen-bond acceptors (Lipinski definition) is 3. The van der Waals surface area contributed by atoms with Gasteiger partial charge in [0.1, 0.15) is 18.2 Å². The first-order valence-electron chi connectivity index (χ1n) is 9.94. The van der Waals surface area contributed by atoms with E-state index >= 15 is 0 Å². The normalized spacial score (nSPS) is 10.9. The van der Waals surface area contributed by atoms with Gasteiger partial charge in [-0.2, -0.15) is 0 Å². The third-order valence-corrected chi connectivity index (χ3v) is 5.78. The van der Waals surface area contributed by atoms with Crippen LogP contribution < -0.4 is 14.8 Å². The molecule has 7 heteroatoms. The fourth-order valence-electron chi connectivity index (χ4n) is 3.06. The molecule has 0 radical (unpaired) electrons. The number of rotatable bonds is 10. The van der Waals surface area contributed by atoms with Gasteiger partial charge >= 0.3 is 0 Å². The van der Waals surface area contributed by atoms with Crippen molar-refractivity contribution in [1.29, 1.82) is 0 Å². The Morgan fingerprint density at radius 1 is 0.935 bits per heavy atom. The van der Waals surface area contributed by atoms with E-state index in [-0.39, 0.29) is 12.4 Å². The van der Waals surface area contributed by atoms with Gasteiger partial charge in [-0.25, -0.2) is 8.78 Å². The average molecular weight is 511 g/mol. The molecule has 31 heavy (non-hydrogen) atoms. The predicted octanol–water partition coefficient (Wildman–Crippen LogP) is 6.69. The summed E-state index contributed by atoms with van der Waals surface area (Å²) in [6.45, 7) is 3.51. The number of nitrogens with one attached hydrogen (secondary N) is 1. The van der Waals surface area contributed by atoms with Crippen LogP contribution in [0.15, 0.2) is 59.1 Å². The van der Waals surface area contributed by atoms with Crippen LogP contribution in [0.3, 0.4) is 0 Å². The molecule has 0 bridgehead atoms. The van der Waals surface area contributed by atoms with E-state index < -0.39 is 5.82 Å². The van der Waals surface area contributed by atoms with Gasteiger partial charge in [0, 0.05) is 16.6 Å². The fourth-order valence-corrected chi connectivity index (χ4v) is 3.74. The molecule has 3 nitrogen and oxygen atoms in total. The van der Waals surface area contributed by atoms with E-state index in [4.69, 9.17) is 21.1 Å².